The molecule has 0 bridgehead atoms. The summed E-state index contributed by atoms with van der Waals surface area (Å²) < 4.78 is 53.6. The van der Waals surface area contributed by atoms with Crippen LogP contribution in [0.4, 0.5) is 18.9 Å². The van der Waals surface area contributed by atoms with Gasteiger partial charge in [-0.3, -0.25) is 9.48 Å². The predicted molar refractivity (Wildman–Crippen MR) is 111 cm³/mol. The quantitative estimate of drug-likeness (QED) is 0.458. The van der Waals surface area contributed by atoms with E-state index < -0.39 is 31.6 Å². The van der Waals surface area contributed by atoms with E-state index in [1.165, 1.54) is 18.4 Å². The van der Waals surface area contributed by atoms with Crippen LogP contribution in [-0.4, -0.2) is 27.2 Å². The van der Waals surface area contributed by atoms with Crippen molar-refractivity contribution in [3.63, 3.8) is 0 Å². The van der Waals surface area contributed by atoms with E-state index in [0.29, 0.717) is 18.2 Å². The van der Waals surface area contributed by atoms with E-state index in [4.69, 9.17) is 4.89 Å². The molecule has 31 heavy (non-hydrogen) atoms. The van der Waals surface area contributed by atoms with Crippen LogP contribution >= 0.6 is 19.6 Å². The van der Waals surface area contributed by atoms with Crippen LogP contribution in [0, 0.1) is 5.92 Å². The summed E-state index contributed by atoms with van der Waals surface area (Å²) in [4.78, 5) is 21.1. The number of hydrogen-bond acceptors (Lipinski definition) is 5. The molecule has 2 unspecified atom stereocenters. The molecule has 0 aromatic carbocycles. The van der Waals surface area contributed by atoms with Crippen molar-refractivity contribution in [2.24, 2.45) is 13.0 Å². The second-order valence-corrected chi connectivity index (χ2v) is 8.58. The van der Waals surface area contributed by atoms with Gasteiger partial charge in [0.15, 0.2) is 5.69 Å². The van der Waals surface area contributed by atoms with Crippen molar-refractivity contribution in [2.75, 3.05) is 11.9 Å². The number of halogens is 3. The zero-order chi connectivity index (χ0) is 23.1. The van der Waals surface area contributed by atoms with Crippen LogP contribution < -0.4 is 34.9 Å². The topological polar surface area (TPSA) is 93.5 Å². The van der Waals surface area contributed by atoms with E-state index in [2.05, 4.69) is 28.8 Å². The third-order valence-electron chi connectivity index (χ3n) is 3.80. The summed E-state index contributed by atoms with van der Waals surface area (Å²) in [6.07, 6.45) is -2.65. The van der Waals surface area contributed by atoms with Crippen LogP contribution in [0.15, 0.2) is 17.6 Å². The zero-order valence-corrected chi connectivity index (χ0v) is 22.1. The molecule has 2 N–H and O–H groups in total. The molecule has 0 saturated heterocycles. The van der Waals surface area contributed by atoms with E-state index in [1.807, 2.05) is 12.3 Å². The second kappa shape index (κ2) is 13.7. The van der Waals surface area contributed by atoms with Crippen molar-refractivity contribution in [1.82, 2.24) is 9.78 Å². The number of carbonyl (C=O) groups is 1. The summed E-state index contributed by atoms with van der Waals surface area (Å²) in [5.74, 6) is -0.0936. The number of nitrogens with one attached hydrogen (secondary N) is 1. The van der Waals surface area contributed by atoms with Crippen molar-refractivity contribution in [3.05, 3.63) is 33.8 Å². The summed E-state index contributed by atoms with van der Waals surface area (Å²) in [6, 6.07) is 1.72. The minimum Gasteiger partial charge on any atom is -1.00 e. The molecule has 2 aromatic rings. The standard InChI is InChI=1S/C16H20F3N3OS.C2H5O3P.Na.H/c1-9(2)7-10(3)13-12(5-6-24-13)20-15(23)11-8-22(4)21-14(11)16(17,18)19;1-2-5-6(3)4;;/h5-6,8-10H,7H2,1-4H3,(H,20,23);2H2,1H3;;/q;;+1;-1/p+1. The first-order valence-electron chi connectivity index (χ1n) is 9.15. The Morgan fingerprint density at radius 2 is 2.03 bits per heavy atom. The van der Waals surface area contributed by atoms with Crippen molar-refractivity contribution in [1.29, 1.82) is 0 Å². The molecule has 2 rings (SSSR count). The Balaban J connectivity index is 0. The minimum atomic E-state index is -4.67. The molecule has 1 amide bonds. The molecule has 0 fully saturated rings. The summed E-state index contributed by atoms with van der Waals surface area (Å²) in [5, 5.41) is 7.80. The van der Waals surface area contributed by atoms with Crippen molar-refractivity contribution in [3.8, 4) is 0 Å². The summed E-state index contributed by atoms with van der Waals surface area (Å²) in [5.41, 5.74) is -1.08. The summed E-state index contributed by atoms with van der Waals surface area (Å²) in [7, 11) is -0.997. The smallest absolute Gasteiger partial charge is 1.00 e. The molecular formula is C18H27F3N3NaO4PS+. The fraction of sp³-hybridized carbons (Fsp3) is 0.556. The maximum absolute atomic E-state index is 13.0. The second-order valence-electron chi connectivity index (χ2n) is 6.90. The fourth-order valence-corrected chi connectivity index (χ4v) is 3.93. The monoisotopic (exact) mass is 492 g/mol. The van der Waals surface area contributed by atoms with Gasteiger partial charge >= 0.3 is 44.0 Å². The largest absolute Gasteiger partial charge is 1.00 e. The Morgan fingerprint density at radius 1 is 1.42 bits per heavy atom. The molecule has 2 heterocycles. The van der Waals surface area contributed by atoms with Crippen molar-refractivity contribution in [2.45, 2.75) is 46.2 Å². The van der Waals surface area contributed by atoms with Crippen LogP contribution in [-0.2, 0) is 22.3 Å². The first kappa shape index (κ1) is 30.2. The van der Waals surface area contributed by atoms with Gasteiger partial charge in [-0.05, 0) is 36.6 Å². The first-order chi connectivity index (χ1) is 13.9. The normalized spacial score (nSPS) is 12.5. The number of alkyl halides is 3. The van der Waals surface area contributed by atoms with Crippen LogP contribution in [0.5, 0.6) is 0 Å². The Morgan fingerprint density at radius 3 is 2.48 bits per heavy atom. The number of nitrogens with zero attached hydrogens (tertiary/aromatic N) is 2. The average molecular weight is 492 g/mol. The molecule has 13 heteroatoms. The number of aryl methyl sites for hydroxylation is 1. The maximum Gasteiger partial charge on any atom is 1.00 e. The summed E-state index contributed by atoms with van der Waals surface area (Å²) >= 11 is 1.49. The van der Waals surface area contributed by atoms with Gasteiger partial charge in [0.2, 0.25) is 0 Å². The van der Waals surface area contributed by atoms with Gasteiger partial charge in [0.1, 0.15) is 6.61 Å². The first-order valence-corrected chi connectivity index (χ1v) is 11.2. The zero-order valence-electron chi connectivity index (χ0n) is 19.4. The minimum absolute atomic E-state index is 0. The molecule has 0 spiro atoms. The van der Waals surface area contributed by atoms with E-state index in [9.17, 15) is 22.5 Å². The molecule has 170 valence electrons. The third kappa shape index (κ3) is 10.1. The van der Waals surface area contributed by atoms with Gasteiger partial charge in [-0.2, -0.15) is 18.3 Å². The molecule has 0 saturated carbocycles. The molecule has 2 aromatic heterocycles. The van der Waals surface area contributed by atoms with Crippen LogP contribution in [0.1, 0.15) is 62.4 Å². The van der Waals surface area contributed by atoms with Gasteiger partial charge in [-0.15, -0.1) is 20.8 Å². The van der Waals surface area contributed by atoms with Gasteiger partial charge in [0, 0.05) is 22.7 Å². The number of thiophene rings is 1. The molecular weight excluding hydrogens is 465 g/mol. The van der Waals surface area contributed by atoms with E-state index in [-0.39, 0.29) is 36.9 Å². The Hall–Kier alpha value is -0.810. The van der Waals surface area contributed by atoms with Gasteiger partial charge in [-0.25, -0.2) is 0 Å². The fourth-order valence-electron chi connectivity index (χ4n) is 2.78. The third-order valence-corrected chi connectivity index (χ3v) is 5.42. The molecule has 0 aliphatic heterocycles. The molecule has 2 atom stereocenters. The molecule has 0 aliphatic rings. The number of anilines is 1. The van der Waals surface area contributed by atoms with Gasteiger partial charge in [-0.1, -0.05) is 20.8 Å². The molecule has 0 aliphatic carbocycles. The molecule has 0 radical (unpaired) electrons. The number of rotatable bonds is 7. The Bertz CT molecular complexity index is 865. The number of amides is 1. The Labute approximate surface area is 208 Å². The predicted octanol–water partition coefficient (Wildman–Crippen LogP) is 2.69. The van der Waals surface area contributed by atoms with Gasteiger partial charge < -0.3 is 6.74 Å². The number of hydrogen-bond donors (Lipinski definition) is 2. The van der Waals surface area contributed by atoms with Gasteiger partial charge in [0.05, 0.1) is 11.3 Å². The van der Waals surface area contributed by atoms with E-state index in [1.54, 1.807) is 13.0 Å². The molecule has 7 nitrogen and oxygen atoms in total. The number of aromatic nitrogens is 2. The summed E-state index contributed by atoms with van der Waals surface area (Å²) in [6.45, 7) is 8.21. The van der Waals surface area contributed by atoms with E-state index in [0.717, 1.165) is 22.2 Å². The van der Waals surface area contributed by atoms with Crippen LogP contribution in [0.2, 0.25) is 0 Å². The van der Waals surface area contributed by atoms with E-state index >= 15 is 0 Å². The van der Waals surface area contributed by atoms with Crippen LogP contribution in [0.3, 0.4) is 0 Å². The van der Waals surface area contributed by atoms with Crippen LogP contribution in [0.25, 0.3) is 0 Å². The number of carbonyl (C=O) groups excluding carboxylic acids is 1. The van der Waals surface area contributed by atoms with Gasteiger partial charge in [0.25, 0.3) is 5.91 Å². The maximum atomic E-state index is 13.0. The average Bonchev–Trinajstić information content (AvgIpc) is 3.20. The Kier molecular flexibility index (Phi) is 13.3. The van der Waals surface area contributed by atoms with Crippen molar-refractivity contribution >= 4 is 31.2 Å². The SMILES string of the molecule is CC(C)CC(C)c1sccc1NC(=O)c1cn(C)nc1C(F)(F)F.CCO[P+](=O)O.[H-].[Na+]. The van der Waals surface area contributed by atoms with Crippen molar-refractivity contribution < 1.29 is 62.9 Å².